The van der Waals surface area contributed by atoms with E-state index in [1.165, 1.54) is 0 Å². The molecule has 2 heterocycles. The summed E-state index contributed by atoms with van der Waals surface area (Å²) < 4.78 is 5.49. The fourth-order valence-electron chi connectivity index (χ4n) is 2.87. The van der Waals surface area contributed by atoms with Crippen LogP contribution >= 0.6 is 0 Å². The maximum Gasteiger partial charge on any atom is 0.324 e. The van der Waals surface area contributed by atoms with Crippen LogP contribution in [0, 0.1) is 0 Å². The molecule has 1 aromatic rings. The van der Waals surface area contributed by atoms with E-state index in [0.717, 1.165) is 19.4 Å². The standard InChI is InChI=1S/C13H21N3O3/c1-3-6-13(12(17)18)7-5-8-16(13)9-11-15-14-10(4-2)19-11/h3-9H2,1-2H3,(H,17,18). The number of hydrogen-bond acceptors (Lipinski definition) is 5. The molecule has 1 aliphatic rings. The summed E-state index contributed by atoms with van der Waals surface area (Å²) in [5.41, 5.74) is -0.754. The van der Waals surface area contributed by atoms with E-state index in [0.29, 0.717) is 37.6 Å². The number of aliphatic carboxylic acids is 1. The largest absolute Gasteiger partial charge is 0.480 e. The van der Waals surface area contributed by atoms with Gasteiger partial charge in [-0.15, -0.1) is 10.2 Å². The topological polar surface area (TPSA) is 79.5 Å². The van der Waals surface area contributed by atoms with Gasteiger partial charge in [0.15, 0.2) is 0 Å². The van der Waals surface area contributed by atoms with E-state index in [1.54, 1.807) is 0 Å². The van der Waals surface area contributed by atoms with Crippen LogP contribution in [0.1, 0.15) is 51.3 Å². The van der Waals surface area contributed by atoms with Crippen molar-refractivity contribution in [2.24, 2.45) is 0 Å². The van der Waals surface area contributed by atoms with Crippen molar-refractivity contribution in [1.82, 2.24) is 15.1 Å². The lowest BCUT2D eigenvalue weighted by molar-refractivity contribution is -0.150. The molecular formula is C13H21N3O3. The molecule has 6 nitrogen and oxygen atoms in total. The molecule has 1 aromatic heterocycles. The molecule has 2 rings (SSSR count). The van der Waals surface area contributed by atoms with Crippen LogP contribution in [-0.2, 0) is 17.8 Å². The maximum atomic E-state index is 11.7. The Bertz CT molecular complexity index is 446. The Labute approximate surface area is 112 Å². The minimum atomic E-state index is -0.754. The first-order valence-electron chi connectivity index (χ1n) is 6.92. The average molecular weight is 267 g/mol. The Balaban J connectivity index is 2.15. The van der Waals surface area contributed by atoms with E-state index >= 15 is 0 Å². The van der Waals surface area contributed by atoms with E-state index in [-0.39, 0.29) is 0 Å². The van der Waals surface area contributed by atoms with Crippen molar-refractivity contribution in [2.45, 2.75) is 58.0 Å². The molecule has 0 saturated carbocycles. The Morgan fingerprint density at radius 2 is 2.16 bits per heavy atom. The van der Waals surface area contributed by atoms with Gasteiger partial charge in [0, 0.05) is 6.42 Å². The van der Waals surface area contributed by atoms with Crippen molar-refractivity contribution in [1.29, 1.82) is 0 Å². The first-order valence-corrected chi connectivity index (χ1v) is 6.92. The van der Waals surface area contributed by atoms with E-state index in [4.69, 9.17) is 4.42 Å². The molecule has 0 bridgehead atoms. The van der Waals surface area contributed by atoms with Gasteiger partial charge in [0.25, 0.3) is 0 Å². The van der Waals surface area contributed by atoms with Gasteiger partial charge in [0.1, 0.15) is 5.54 Å². The number of carbonyl (C=O) groups is 1. The molecule has 1 saturated heterocycles. The van der Waals surface area contributed by atoms with E-state index < -0.39 is 11.5 Å². The summed E-state index contributed by atoms with van der Waals surface area (Å²) in [6.07, 6.45) is 3.82. The minimum Gasteiger partial charge on any atom is -0.480 e. The molecule has 0 radical (unpaired) electrons. The van der Waals surface area contributed by atoms with E-state index in [2.05, 4.69) is 10.2 Å². The number of hydrogen-bond donors (Lipinski definition) is 1. The molecule has 106 valence electrons. The second kappa shape index (κ2) is 5.69. The number of rotatable bonds is 6. The van der Waals surface area contributed by atoms with Crippen LogP contribution in [0.25, 0.3) is 0 Å². The van der Waals surface area contributed by atoms with Gasteiger partial charge < -0.3 is 9.52 Å². The zero-order chi connectivity index (χ0) is 13.9. The molecule has 0 spiro atoms. The predicted octanol–water partition coefficient (Wildman–Crippen LogP) is 1.85. The third-order valence-electron chi connectivity index (χ3n) is 3.82. The number of carboxylic acid groups (broad SMARTS) is 1. The summed E-state index contributed by atoms with van der Waals surface area (Å²) in [7, 11) is 0. The van der Waals surface area contributed by atoms with Gasteiger partial charge in [0.05, 0.1) is 6.54 Å². The third-order valence-corrected chi connectivity index (χ3v) is 3.82. The smallest absolute Gasteiger partial charge is 0.324 e. The monoisotopic (exact) mass is 267 g/mol. The molecule has 1 atom stereocenters. The molecule has 0 aromatic carbocycles. The van der Waals surface area contributed by atoms with Crippen LogP contribution in [0.3, 0.4) is 0 Å². The predicted molar refractivity (Wildman–Crippen MR) is 68.6 cm³/mol. The summed E-state index contributed by atoms with van der Waals surface area (Å²) in [6.45, 7) is 5.17. The fraction of sp³-hybridized carbons (Fsp3) is 0.769. The lowest BCUT2D eigenvalue weighted by Gasteiger charge is -2.33. The highest BCUT2D eigenvalue weighted by molar-refractivity contribution is 5.79. The highest BCUT2D eigenvalue weighted by Crippen LogP contribution is 2.35. The van der Waals surface area contributed by atoms with Crippen molar-refractivity contribution >= 4 is 5.97 Å². The molecule has 0 aliphatic carbocycles. The van der Waals surface area contributed by atoms with Gasteiger partial charge in [-0.2, -0.15) is 0 Å². The van der Waals surface area contributed by atoms with Crippen molar-refractivity contribution in [2.75, 3.05) is 6.54 Å². The van der Waals surface area contributed by atoms with Crippen LogP contribution < -0.4 is 0 Å². The van der Waals surface area contributed by atoms with Crippen LogP contribution in [-0.4, -0.2) is 38.3 Å². The second-order valence-electron chi connectivity index (χ2n) is 5.05. The first-order chi connectivity index (χ1) is 9.12. The van der Waals surface area contributed by atoms with Gasteiger partial charge in [-0.1, -0.05) is 20.3 Å². The average Bonchev–Trinajstić information content (AvgIpc) is 2.98. The molecule has 1 N–H and O–H groups in total. The Morgan fingerprint density at radius 3 is 2.74 bits per heavy atom. The van der Waals surface area contributed by atoms with Crippen LogP contribution in [0.5, 0.6) is 0 Å². The van der Waals surface area contributed by atoms with E-state index in [1.807, 2.05) is 18.7 Å². The van der Waals surface area contributed by atoms with Crippen LogP contribution in [0.4, 0.5) is 0 Å². The highest BCUT2D eigenvalue weighted by atomic mass is 16.4. The number of aromatic nitrogens is 2. The van der Waals surface area contributed by atoms with Crippen molar-refractivity contribution < 1.29 is 14.3 Å². The summed E-state index contributed by atoms with van der Waals surface area (Å²) >= 11 is 0. The third kappa shape index (κ3) is 2.63. The van der Waals surface area contributed by atoms with E-state index in [9.17, 15) is 9.90 Å². The van der Waals surface area contributed by atoms with Gasteiger partial charge >= 0.3 is 5.97 Å². The summed E-state index contributed by atoms with van der Waals surface area (Å²) in [5, 5.41) is 17.5. The highest BCUT2D eigenvalue weighted by Gasteiger charge is 2.47. The summed E-state index contributed by atoms with van der Waals surface area (Å²) in [4.78, 5) is 13.6. The van der Waals surface area contributed by atoms with Crippen molar-refractivity contribution in [3.63, 3.8) is 0 Å². The number of aryl methyl sites for hydroxylation is 1. The Hall–Kier alpha value is -1.43. The van der Waals surface area contributed by atoms with Gasteiger partial charge in [-0.05, 0) is 25.8 Å². The molecule has 1 unspecified atom stereocenters. The molecule has 6 heteroatoms. The SMILES string of the molecule is CCCC1(C(=O)O)CCCN1Cc1nnc(CC)o1. The summed E-state index contributed by atoms with van der Waals surface area (Å²) in [6, 6.07) is 0. The Morgan fingerprint density at radius 1 is 1.42 bits per heavy atom. The zero-order valence-corrected chi connectivity index (χ0v) is 11.6. The van der Waals surface area contributed by atoms with Crippen LogP contribution in [0.2, 0.25) is 0 Å². The number of carboxylic acids is 1. The summed E-state index contributed by atoms with van der Waals surface area (Å²) in [5.74, 6) is 0.383. The van der Waals surface area contributed by atoms with Gasteiger partial charge in [0.2, 0.25) is 11.8 Å². The van der Waals surface area contributed by atoms with Gasteiger partial charge in [-0.25, -0.2) is 0 Å². The van der Waals surface area contributed by atoms with Crippen molar-refractivity contribution in [3.05, 3.63) is 11.8 Å². The normalized spacial score (nSPS) is 23.9. The van der Waals surface area contributed by atoms with Gasteiger partial charge in [-0.3, -0.25) is 9.69 Å². The molecule has 0 amide bonds. The zero-order valence-electron chi connectivity index (χ0n) is 11.6. The molecule has 19 heavy (non-hydrogen) atoms. The maximum absolute atomic E-state index is 11.7. The fourth-order valence-corrected chi connectivity index (χ4v) is 2.87. The van der Waals surface area contributed by atoms with Crippen molar-refractivity contribution in [3.8, 4) is 0 Å². The Kier molecular flexibility index (Phi) is 4.19. The quantitative estimate of drug-likeness (QED) is 0.847. The first kappa shape index (κ1) is 14.0. The number of likely N-dealkylation sites (tertiary alicyclic amines) is 1. The molecule has 1 fully saturated rings. The minimum absolute atomic E-state index is 0.430. The molecular weight excluding hydrogens is 246 g/mol. The lowest BCUT2D eigenvalue weighted by atomic mass is 9.90. The number of nitrogens with zero attached hydrogens (tertiary/aromatic N) is 3. The second-order valence-corrected chi connectivity index (χ2v) is 5.05. The molecule has 1 aliphatic heterocycles. The lowest BCUT2D eigenvalue weighted by Crippen LogP contribution is -2.50. The van der Waals surface area contributed by atoms with Crippen LogP contribution in [0.15, 0.2) is 4.42 Å².